The van der Waals surface area contributed by atoms with Crippen LogP contribution in [0.15, 0.2) is 58.3 Å². The van der Waals surface area contributed by atoms with Crippen LogP contribution >= 0.6 is 11.3 Å². The summed E-state index contributed by atoms with van der Waals surface area (Å²) in [4.78, 5) is 20.6. The van der Waals surface area contributed by atoms with Gasteiger partial charge in [0.1, 0.15) is 12.1 Å². The minimum atomic E-state index is -0.0919. The molecule has 136 valence electrons. The lowest BCUT2D eigenvalue weighted by Crippen LogP contribution is -2.24. The van der Waals surface area contributed by atoms with Crippen LogP contribution in [0.1, 0.15) is 17.9 Å². The summed E-state index contributed by atoms with van der Waals surface area (Å²) >= 11 is 1.56. The molecule has 0 aromatic carbocycles. The fraction of sp³-hybridized carbons (Fsp3) is 0.167. The van der Waals surface area contributed by atoms with E-state index in [1.54, 1.807) is 30.1 Å². The highest BCUT2D eigenvalue weighted by Crippen LogP contribution is 2.20. The normalized spacial score (nSPS) is 10.8. The smallest absolute Gasteiger partial charge is 0.248 e. The number of hydrogen-bond donors (Lipinski definition) is 1. The maximum absolute atomic E-state index is 12.2. The standard InChI is InChI=1S/C18H16N6O2S/c25-15(3-4-16-22-23-18(26-16)14-5-9-27-11-14)21-10-13-2-1-6-20-17(13)24-8-7-19-12-24/h1-2,5-9,11-12H,3-4,10H2,(H,21,25). The summed E-state index contributed by atoms with van der Waals surface area (Å²) in [6, 6.07) is 5.68. The second kappa shape index (κ2) is 7.92. The number of imidazole rings is 1. The average Bonchev–Trinajstić information content (AvgIpc) is 3.46. The van der Waals surface area contributed by atoms with Crippen molar-refractivity contribution < 1.29 is 9.21 Å². The minimum Gasteiger partial charge on any atom is -0.421 e. The van der Waals surface area contributed by atoms with Gasteiger partial charge in [0.25, 0.3) is 0 Å². The molecule has 1 N–H and O–H groups in total. The topological polar surface area (TPSA) is 98.7 Å². The van der Waals surface area contributed by atoms with Gasteiger partial charge < -0.3 is 9.73 Å². The number of nitrogens with one attached hydrogen (secondary N) is 1. The molecule has 27 heavy (non-hydrogen) atoms. The Balaban J connectivity index is 1.32. The molecule has 0 fully saturated rings. The number of carbonyl (C=O) groups excluding carboxylic acids is 1. The Morgan fingerprint density at radius 1 is 1.26 bits per heavy atom. The molecular formula is C18H16N6O2S. The predicted molar refractivity (Wildman–Crippen MR) is 99.1 cm³/mol. The van der Waals surface area contributed by atoms with Crippen molar-refractivity contribution in [1.82, 2.24) is 30.0 Å². The van der Waals surface area contributed by atoms with Crippen molar-refractivity contribution in [2.75, 3.05) is 0 Å². The summed E-state index contributed by atoms with van der Waals surface area (Å²) in [5.74, 6) is 1.58. The molecule has 4 aromatic rings. The number of pyridine rings is 1. The van der Waals surface area contributed by atoms with Gasteiger partial charge in [-0.3, -0.25) is 9.36 Å². The van der Waals surface area contributed by atoms with Gasteiger partial charge >= 0.3 is 0 Å². The molecule has 0 saturated heterocycles. The number of aromatic nitrogens is 5. The van der Waals surface area contributed by atoms with Gasteiger partial charge in [-0.15, -0.1) is 10.2 Å². The molecule has 0 aliphatic carbocycles. The molecule has 8 nitrogen and oxygen atoms in total. The molecule has 0 aliphatic rings. The second-order valence-electron chi connectivity index (χ2n) is 5.75. The van der Waals surface area contributed by atoms with E-state index in [4.69, 9.17) is 4.42 Å². The Labute approximate surface area is 158 Å². The Hall–Kier alpha value is -3.33. The molecule has 4 aromatic heterocycles. The molecule has 0 aliphatic heterocycles. The van der Waals surface area contributed by atoms with Crippen molar-refractivity contribution in [2.45, 2.75) is 19.4 Å². The van der Waals surface area contributed by atoms with Crippen molar-refractivity contribution in [3.8, 4) is 17.3 Å². The van der Waals surface area contributed by atoms with Crippen molar-refractivity contribution >= 4 is 17.2 Å². The van der Waals surface area contributed by atoms with Crippen molar-refractivity contribution in [2.24, 2.45) is 0 Å². The Bertz CT molecular complexity index is 1010. The van der Waals surface area contributed by atoms with Gasteiger partial charge in [-0.2, -0.15) is 11.3 Å². The summed E-state index contributed by atoms with van der Waals surface area (Å²) in [5.41, 5.74) is 1.80. The molecule has 4 rings (SSSR count). The molecule has 1 amide bonds. The first-order chi connectivity index (χ1) is 13.3. The molecule has 0 atom stereocenters. The summed E-state index contributed by atoms with van der Waals surface area (Å²) in [6.45, 7) is 0.379. The zero-order chi connectivity index (χ0) is 18.5. The molecular weight excluding hydrogens is 364 g/mol. The van der Waals surface area contributed by atoms with Crippen LogP contribution in [0, 0.1) is 0 Å². The van der Waals surface area contributed by atoms with Gasteiger partial charge in [0, 0.05) is 54.5 Å². The van der Waals surface area contributed by atoms with Gasteiger partial charge in [0.2, 0.25) is 17.7 Å². The van der Waals surface area contributed by atoms with Crippen LogP contribution < -0.4 is 5.32 Å². The highest BCUT2D eigenvalue weighted by molar-refractivity contribution is 7.08. The molecule has 0 saturated carbocycles. The maximum Gasteiger partial charge on any atom is 0.248 e. The van der Waals surface area contributed by atoms with Crippen LogP contribution in [0.3, 0.4) is 0 Å². The number of nitrogens with zero attached hydrogens (tertiary/aromatic N) is 5. The zero-order valence-electron chi connectivity index (χ0n) is 14.3. The molecule has 0 radical (unpaired) electrons. The molecule has 0 unspecified atom stereocenters. The highest BCUT2D eigenvalue weighted by Gasteiger charge is 2.12. The number of aryl methyl sites for hydroxylation is 1. The van der Waals surface area contributed by atoms with Crippen LogP contribution in [0.2, 0.25) is 0 Å². The first kappa shape index (κ1) is 17.1. The lowest BCUT2D eigenvalue weighted by Gasteiger charge is -2.09. The first-order valence-corrected chi connectivity index (χ1v) is 9.28. The Morgan fingerprint density at radius 2 is 2.22 bits per heavy atom. The molecule has 9 heteroatoms. The Kier molecular flexibility index (Phi) is 5.01. The van der Waals surface area contributed by atoms with Crippen LogP contribution in [-0.4, -0.2) is 30.6 Å². The largest absolute Gasteiger partial charge is 0.421 e. The van der Waals surface area contributed by atoms with Gasteiger partial charge in [0.05, 0.1) is 0 Å². The van der Waals surface area contributed by atoms with Crippen LogP contribution in [0.5, 0.6) is 0 Å². The van der Waals surface area contributed by atoms with E-state index in [1.807, 2.05) is 39.7 Å². The third-order valence-corrected chi connectivity index (χ3v) is 4.58. The van der Waals surface area contributed by atoms with E-state index in [2.05, 4.69) is 25.5 Å². The van der Waals surface area contributed by atoms with E-state index in [9.17, 15) is 4.79 Å². The predicted octanol–water partition coefficient (Wildman–Crippen LogP) is 2.63. The third-order valence-electron chi connectivity index (χ3n) is 3.89. The third kappa shape index (κ3) is 4.09. The lowest BCUT2D eigenvalue weighted by atomic mass is 10.2. The zero-order valence-corrected chi connectivity index (χ0v) is 15.1. The van der Waals surface area contributed by atoms with Crippen molar-refractivity contribution in [3.63, 3.8) is 0 Å². The summed E-state index contributed by atoms with van der Waals surface area (Å²) in [5, 5.41) is 14.8. The second-order valence-corrected chi connectivity index (χ2v) is 6.53. The van der Waals surface area contributed by atoms with Gasteiger partial charge in [-0.1, -0.05) is 6.07 Å². The number of amides is 1. The van der Waals surface area contributed by atoms with Gasteiger partial charge in [0.15, 0.2) is 0 Å². The van der Waals surface area contributed by atoms with E-state index in [0.717, 1.165) is 16.9 Å². The molecule has 4 heterocycles. The van der Waals surface area contributed by atoms with Gasteiger partial charge in [-0.05, 0) is 17.5 Å². The molecule has 0 spiro atoms. The van der Waals surface area contributed by atoms with E-state index >= 15 is 0 Å². The summed E-state index contributed by atoms with van der Waals surface area (Å²) < 4.78 is 7.40. The highest BCUT2D eigenvalue weighted by atomic mass is 32.1. The fourth-order valence-corrected chi connectivity index (χ4v) is 3.17. The first-order valence-electron chi connectivity index (χ1n) is 8.33. The number of thiophene rings is 1. The monoisotopic (exact) mass is 380 g/mol. The number of carbonyl (C=O) groups is 1. The number of hydrogen-bond acceptors (Lipinski definition) is 7. The summed E-state index contributed by atoms with van der Waals surface area (Å²) in [7, 11) is 0. The average molecular weight is 380 g/mol. The fourth-order valence-electron chi connectivity index (χ4n) is 2.55. The summed E-state index contributed by atoms with van der Waals surface area (Å²) in [6.07, 6.45) is 7.55. The Morgan fingerprint density at radius 3 is 3.04 bits per heavy atom. The van der Waals surface area contributed by atoms with E-state index in [-0.39, 0.29) is 12.3 Å². The van der Waals surface area contributed by atoms with Crippen molar-refractivity contribution in [3.05, 3.63) is 65.3 Å². The SMILES string of the molecule is O=C(CCc1nnc(-c2ccsc2)o1)NCc1cccnc1-n1ccnc1. The lowest BCUT2D eigenvalue weighted by molar-refractivity contribution is -0.121. The quantitative estimate of drug-likeness (QED) is 0.529. The van der Waals surface area contributed by atoms with Crippen LogP contribution in [0.25, 0.3) is 17.3 Å². The minimum absolute atomic E-state index is 0.0919. The van der Waals surface area contributed by atoms with Gasteiger partial charge in [-0.25, -0.2) is 9.97 Å². The van der Waals surface area contributed by atoms with E-state index in [1.165, 1.54) is 0 Å². The van der Waals surface area contributed by atoms with E-state index < -0.39 is 0 Å². The van der Waals surface area contributed by atoms with Crippen LogP contribution in [0.4, 0.5) is 0 Å². The van der Waals surface area contributed by atoms with E-state index in [0.29, 0.717) is 24.7 Å². The number of rotatable bonds is 7. The van der Waals surface area contributed by atoms with Crippen LogP contribution in [-0.2, 0) is 17.8 Å². The maximum atomic E-state index is 12.2. The van der Waals surface area contributed by atoms with Crippen molar-refractivity contribution in [1.29, 1.82) is 0 Å². The molecule has 0 bridgehead atoms.